The number of carboxylic acids is 1. The van der Waals surface area contributed by atoms with Crippen molar-refractivity contribution in [1.29, 1.82) is 0 Å². The highest BCUT2D eigenvalue weighted by molar-refractivity contribution is 9.10. The zero-order valence-corrected chi connectivity index (χ0v) is 22.8. The van der Waals surface area contributed by atoms with Gasteiger partial charge in [0.05, 0.1) is 23.7 Å². The number of carboxylic acid groups (broad SMARTS) is 1. The van der Waals surface area contributed by atoms with Gasteiger partial charge < -0.3 is 14.6 Å². The van der Waals surface area contributed by atoms with E-state index in [0.717, 1.165) is 4.47 Å². The van der Waals surface area contributed by atoms with E-state index in [1.165, 1.54) is 10.9 Å². The van der Waals surface area contributed by atoms with Crippen LogP contribution in [0.15, 0.2) is 43.1 Å². The van der Waals surface area contributed by atoms with Crippen molar-refractivity contribution in [3.8, 4) is 11.5 Å². The smallest absolute Gasteiger partial charge is 0.341 e. The summed E-state index contributed by atoms with van der Waals surface area (Å²) in [6.45, 7) is 7.33. The van der Waals surface area contributed by atoms with Gasteiger partial charge in [-0.1, -0.05) is 48.3 Å². The molecule has 8 nitrogen and oxygen atoms in total. The van der Waals surface area contributed by atoms with E-state index >= 15 is 0 Å². The van der Waals surface area contributed by atoms with Crippen LogP contribution in [0.1, 0.15) is 39.1 Å². The van der Waals surface area contributed by atoms with E-state index in [0.29, 0.717) is 33.4 Å². The van der Waals surface area contributed by atoms with Crippen molar-refractivity contribution in [2.75, 3.05) is 13.2 Å². The van der Waals surface area contributed by atoms with Crippen LogP contribution in [-0.4, -0.2) is 40.2 Å². The van der Waals surface area contributed by atoms with Gasteiger partial charge in [-0.2, -0.15) is 9.78 Å². The summed E-state index contributed by atoms with van der Waals surface area (Å²) in [4.78, 5) is 29.0. The Labute approximate surface area is 217 Å². The maximum absolute atomic E-state index is 13.3. The number of aromatic nitrogens is 2. The maximum atomic E-state index is 13.3. The third kappa shape index (κ3) is 5.61. The zero-order chi connectivity index (χ0) is 25.2. The van der Waals surface area contributed by atoms with Gasteiger partial charge in [0.1, 0.15) is 10.8 Å². The van der Waals surface area contributed by atoms with Crippen LogP contribution in [0.3, 0.4) is 0 Å². The lowest BCUT2D eigenvalue weighted by Crippen LogP contribution is -2.29. The molecule has 0 aliphatic rings. The number of nitrogens with zero attached hydrogens (tertiary/aromatic N) is 3. The second-order valence-corrected chi connectivity index (χ2v) is 10.3. The molecule has 0 unspecified atom stereocenters. The molecule has 11 heteroatoms. The maximum Gasteiger partial charge on any atom is 0.341 e. The van der Waals surface area contributed by atoms with Crippen LogP contribution in [0.5, 0.6) is 11.5 Å². The van der Waals surface area contributed by atoms with Crippen molar-refractivity contribution >= 4 is 66.5 Å². The number of hydrogen-bond donors (Lipinski definition) is 1. The highest BCUT2D eigenvalue weighted by Gasteiger charge is 2.23. The molecule has 0 saturated heterocycles. The van der Waals surface area contributed by atoms with Crippen molar-refractivity contribution in [1.82, 2.24) is 9.66 Å². The van der Waals surface area contributed by atoms with E-state index in [9.17, 15) is 9.59 Å². The van der Waals surface area contributed by atoms with E-state index in [-0.39, 0.29) is 22.1 Å². The number of rotatable bonds is 7. The summed E-state index contributed by atoms with van der Waals surface area (Å²) in [5.74, 6) is -0.316. The third-order valence-electron chi connectivity index (χ3n) is 4.59. The molecule has 2 aromatic carbocycles. The van der Waals surface area contributed by atoms with E-state index < -0.39 is 18.0 Å². The minimum atomic E-state index is -1.15. The molecule has 0 aliphatic heterocycles. The fraction of sp³-hybridized carbons (Fsp3) is 0.304. The number of benzene rings is 2. The number of fused-ring (bicyclic) bond motifs is 1. The lowest BCUT2D eigenvalue weighted by molar-refractivity contribution is -0.139. The second-order valence-electron chi connectivity index (χ2n) is 8.24. The van der Waals surface area contributed by atoms with Gasteiger partial charge in [0.25, 0.3) is 5.56 Å². The minimum Gasteiger partial charge on any atom is -0.490 e. The van der Waals surface area contributed by atoms with Gasteiger partial charge in [0, 0.05) is 19.9 Å². The molecule has 3 aromatic rings. The van der Waals surface area contributed by atoms with Crippen molar-refractivity contribution in [2.45, 2.75) is 33.1 Å². The number of ether oxygens (including phenoxy) is 2. The quantitative estimate of drug-likeness (QED) is 0.347. The van der Waals surface area contributed by atoms with Crippen LogP contribution in [0, 0.1) is 0 Å². The van der Waals surface area contributed by atoms with Crippen molar-refractivity contribution in [3.05, 3.63) is 60.0 Å². The molecule has 1 heterocycles. The van der Waals surface area contributed by atoms with Gasteiger partial charge >= 0.3 is 5.97 Å². The molecular weight excluding hydrogens is 594 g/mol. The van der Waals surface area contributed by atoms with Gasteiger partial charge in [-0.3, -0.25) is 4.79 Å². The average Bonchev–Trinajstić information content (AvgIpc) is 2.75. The Morgan fingerprint density at radius 2 is 1.97 bits per heavy atom. The first-order valence-electron chi connectivity index (χ1n) is 10.2. The van der Waals surface area contributed by atoms with E-state index in [1.54, 1.807) is 25.1 Å². The molecule has 0 amide bonds. The number of aliphatic carboxylic acids is 1. The van der Waals surface area contributed by atoms with Crippen molar-refractivity contribution in [3.63, 3.8) is 0 Å². The first-order valence-corrected chi connectivity index (χ1v) is 12.2. The topological polar surface area (TPSA) is 103 Å². The van der Waals surface area contributed by atoms with Crippen molar-refractivity contribution < 1.29 is 19.4 Å². The molecule has 34 heavy (non-hydrogen) atoms. The average molecular weight is 616 g/mol. The minimum absolute atomic E-state index is 0.0970. The standard InChI is InChI=1S/C23H22Br2ClN3O5/c1-5-33-16-8-12(18(25)19(26)20(16)34-11-17(30)31)10-27-29-21(32)14-9-13(24)6-7-15(14)28-22(29)23(2,3)4/h6-10H,5,11H2,1-4H3,(H,30,31). The summed E-state index contributed by atoms with van der Waals surface area (Å²) in [6.07, 6.45) is 1.46. The first kappa shape index (κ1) is 26.2. The van der Waals surface area contributed by atoms with Gasteiger partial charge in [0.2, 0.25) is 0 Å². The molecule has 0 bridgehead atoms. The number of hydrogen-bond acceptors (Lipinski definition) is 6. The van der Waals surface area contributed by atoms with Gasteiger partial charge in [-0.25, -0.2) is 9.78 Å². The molecule has 1 N–H and O–H groups in total. The molecule has 180 valence electrons. The third-order valence-corrected chi connectivity index (χ3v) is 6.52. The predicted octanol–water partition coefficient (Wildman–Crippen LogP) is 5.62. The zero-order valence-electron chi connectivity index (χ0n) is 18.9. The highest BCUT2D eigenvalue weighted by Crippen LogP contribution is 2.42. The van der Waals surface area contributed by atoms with Gasteiger partial charge in [0.15, 0.2) is 18.1 Å². The SMILES string of the molecule is CCOc1cc(C=Nn2c(C(C)(C)C)nc3ccc(Br)cc3c2=O)c(Br)c(Cl)c1OCC(=O)O. The molecule has 1 aromatic heterocycles. The second kappa shape index (κ2) is 10.5. The highest BCUT2D eigenvalue weighted by atomic mass is 79.9. The molecule has 0 aliphatic carbocycles. The van der Waals surface area contributed by atoms with Crippen LogP contribution >= 0.6 is 43.5 Å². The fourth-order valence-electron chi connectivity index (χ4n) is 3.09. The van der Waals surface area contributed by atoms with Crippen molar-refractivity contribution in [2.24, 2.45) is 5.10 Å². The molecule has 3 rings (SSSR count). The molecule has 0 saturated carbocycles. The van der Waals surface area contributed by atoms with E-state index in [4.69, 9.17) is 31.2 Å². The van der Waals surface area contributed by atoms with Crippen LogP contribution in [-0.2, 0) is 10.2 Å². The first-order chi connectivity index (χ1) is 15.9. The summed E-state index contributed by atoms with van der Waals surface area (Å²) < 4.78 is 13.4. The Balaban J connectivity index is 2.18. The Morgan fingerprint density at radius 3 is 2.59 bits per heavy atom. The van der Waals surface area contributed by atoms with Crippen LogP contribution in [0.25, 0.3) is 10.9 Å². The number of carbonyl (C=O) groups is 1. The van der Waals surface area contributed by atoms with E-state index in [2.05, 4.69) is 37.0 Å². The van der Waals surface area contributed by atoms with Crippen LogP contribution in [0.2, 0.25) is 5.02 Å². The summed E-state index contributed by atoms with van der Waals surface area (Å²) in [7, 11) is 0. The molecule has 0 spiro atoms. The fourth-order valence-corrected chi connectivity index (χ4v) is 4.11. The van der Waals surface area contributed by atoms with Gasteiger partial charge in [-0.15, -0.1) is 0 Å². The Bertz CT molecular complexity index is 1350. The summed E-state index contributed by atoms with van der Waals surface area (Å²) in [5.41, 5.74) is 0.281. The summed E-state index contributed by atoms with van der Waals surface area (Å²) in [6, 6.07) is 6.92. The Kier molecular flexibility index (Phi) is 8.05. The molecule has 0 radical (unpaired) electrons. The molecular formula is C23H22Br2ClN3O5. The molecule has 0 atom stereocenters. The van der Waals surface area contributed by atoms with Crippen LogP contribution in [0.4, 0.5) is 0 Å². The van der Waals surface area contributed by atoms with Gasteiger partial charge in [-0.05, 0) is 47.1 Å². The van der Waals surface area contributed by atoms with E-state index in [1.807, 2.05) is 26.8 Å². The number of halogens is 3. The summed E-state index contributed by atoms with van der Waals surface area (Å²) >= 11 is 13.2. The lowest BCUT2D eigenvalue weighted by Gasteiger charge is -2.21. The normalized spacial score (nSPS) is 11.9. The summed E-state index contributed by atoms with van der Waals surface area (Å²) in [5, 5.41) is 13.9. The monoisotopic (exact) mass is 613 g/mol. The largest absolute Gasteiger partial charge is 0.490 e. The van der Waals surface area contributed by atoms with Crippen LogP contribution < -0.4 is 15.0 Å². The predicted molar refractivity (Wildman–Crippen MR) is 139 cm³/mol. The Hall–Kier alpha value is -2.43. The Morgan fingerprint density at radius 1 is 1.26 bits per heavy atom. The molecule has 0 fully saturated rings. The lowest BCUT2D eigenvalue weighted by atomic mass is 9.95.